The van der Waals surface area contributed by atoms with E-state index < -0.39 is 6.75 Å². The molecule has 0 heterocycles. The van der Waals surface area contributed by atoms with Crippen molar-refractivity contribution in [3.63, 3.8) is 0 Å². The minimum atomic E-state index is -2.00. The third kappa shape index (κ3) is 1.73. The maximum atomic E-state index is 8.58. The molecular weight excluding hydrogens is 169 g/mol. The van der Waals surface area contributed by atoms with E-state index in [1.807, 2.05) is 0 Å². The van der Waals surface area contributed by atoms with Crippen LogP contribution in [0.5, 0.6) is 0 Å². The molecule has 0 saturated heterocycles. The number of azide groups is 1. The Morgan fingerprint density at radius 2 is 1.33 bits per heavy atom. The molecular formula is C8H20N3P. The average Bonchev–Trinajstić information content (AvgIpc) is 2.16. The van der Waals surface area contributed by atoms with Crippen molar-refractivity contribution in [2.45, 2.75) is 27.7 Å². The monoisotopic (exact) mass is 189 g/mol. The van der Waals surface area contributed by atoms with Gasteiger partial charge in [0.2, 0.25) is 0 Å². The van der Waals surface area contributed by atoms with E-state index in [4.69, 9.17) is 5.53 Å². The molecule has 0 aromatic rings. The molecule has 4 heteroatoms. The molecule has 0 aliphatic rings. The summed E-state index contributed by atoms with van der Waals surface area (Å²) in [4.78, 5) is 7.22. The van der Waals surface area contributed by atoms with Crippen molar-refractivity contribution in [3.05, 3.63) is 10.4 Å². The predicted molar refractivity (Wildman–Crippen MR) is 58.2 cm³/mol. The molecule has 0 bridgehead atoms. The fraction of sp³-hybridized carbons (Fsp3) is 1.00. The van der Waals surface area contributed by atoms with Crippen LogP contribution in [0.1, 0.15) is 27.7 Å². The zero-order chi connectivity index (χ0) is 9.69. The van der Waals surface area contributed by atoms with Crippen LogP contribution in [-0.2, 0) is 0 Å². The summed E-state index contributed by atoms with van der Waals surface area (Å²) >= 11 is 0. The van der Waals surface area contributed by atoms with Gasteiger partial charge in [-0.25, -0.2) is 0 Å². The number of rotatable bonds is 5. The Morgan fingerprint density at radius 3 is 1.42 bits per heavy atom. The third-order valence-corrected chi connectivity index (χ3v) is 10.6. The van der Waals surface area contributed by atoms with Crippen LogP contribution in [0, 0.1) is 0 Å². The van der Waals surface area contributed by atoms with Crippen LogP contribution in [0.3, 0.4) is 0 Å². The van der Waals surface area contributed by atoms with Gasteiger partial charge in [0.05, 0.1) is 0 Å². The summed E-state index contributed by atoms with van der Waals surface area (Å²) in [7, 11) is 0. The van der Waals surface area contributed by atoms with Crippen LogP contribution in [0.2, 0.25) is 0 Å². The molecule has 0 saturated carbocycles. The van der Waals surface area contributed by atoms with E-state index in [1.54, 1.807) is 0 Å². The molecule has 0 radical (unpaired) electrons. The molecule has 0 atom stereocenters. The molecule has 0 fully saturated rings. The quantitative estimate of drug-likeness (QED) is 0.273. The second-order valence-corrected chi connectivity index (χ2v) is 9.87. The zero-order valence-corrected chi connectivity index (χ0v) is 9.51. The molecule has 0 rings (SSSR count). The first-order valence-electron chi connectivity index (χ1n) is 4.69. The Hall–Kier alpha value is -0.260. The number of hydrogen-bond acceptors (Lipinski definition) is 1. The first-order valence-corrected chi connectivity index (χ1v) is 7.62. The van der Waals surface area contributed by atoms with E-state index in [0.29, 0.717) is 0 Å². The molecule has 12 heavy (non-hydrogen) atoms. The van der Waals surface area contributed by atoms with E-state index >= 15 is 0 Å². The second-order valence-electron chi connectivity index (χ2n) is 3.35. The average molecular weight is 189 g/mol. The minimum absolute atomic E-state index is 1.05. The molecule has 0 unspecified atom stereocenters. The van der Waals surface area contributed by atoms with Crippen LogP contribution >= 0.6 is 6.75 Å². The Balaban J connectivity index is 5.10. The van der Waals surface area contributed by atoms with Crippen molar-refractivity contribution in [1.29, 1.82) is 0 Å². The summed E-state index contributed by atoms with van der Waals surface area (Å²) in [5.41, 5.74) is 8.58. The second kappa shape index (κ2) is 4.11. The summed E-state index contributed by atoms with van der Waals surface area (Å²) in [6.45, 7) is 6.62. The van der Waals surface area contributed by atoms with Gasteiger partial charge in [0.1, 0.15) is 0 Å². The van der Waals surface area contributed by atoms with Gasteiger partial charge in [-0.3, -0.25) is 0 Å². The first-order chi connectivity index (χ1) is 5.62. The van der Waals surface area contributed by atoms with Crippen molar-refractivity contribution in [2.75, 3.05) is 24.6 Å². The fourth-order valence-corrected chi connectivity index (χ4v) is 5.12. The van der Waals surface area contributed by atoms with Crippen LogP contribution in [0.4, 0.5) is 0 Å². The number of hydrogen-bond donors (Lipinski definition) is 0. The van der Waals surface area contributed by atoms with Gasteiger partial charge in [-0.05, 0) is 0 Å². The molecule has 0 aromatic heterocycles. The molecule has 0 spiro atoms. The molecule has 0 aliphatic carbocycles. The van der Waals surface area contributed by atoms with Crippen molar-refractivity contribution in [3.8, 4) is 0 Å². The molecule has 0 N–H and O–H groups in total. The van der Waals surface area contributed by atoms with Gasteiger partial charge in [-0.15, -0.1) is 0 Å². The van der Waals surface area contributed by atoms with Gasteiger partial charge in [0.15, 0.2) is 0 Å². The van der Waals surface area contributed by atoms with E-state index in [0.717, 1.165) is 24.6 Å². The van der Waals surface area contributed by atoms with Crippen LogP contribution < -0.4 is 0 Å². The summed E-state index contributed by atoms with van der Waals surface area (Å²) in [5.74, 6) is 0. The topological polar surface area (TPSA) is 48.8 Å². The standard InChI is InChI=1S/C8H20N3P/c1-5-12(6-2,7-3,8-4)11-10-9/h5-8H2,1-4H3. The molecule has 0 aliphatic heterocycles. The Labute approximate surface area is 75.2 Å². The maximum absolute atomic E-state index is 8.58. The van der Waals surface area contributed by atoms with Crippen LogP contribution in [-0.4, -0.2) is 24.6 Å². The van der Waals surface area contributed by atoms with E-state index in [9.17, 15) is 0 Å². The summed E-state index contributed by atoms with van der Waals surface area (Å²) < 4.78 is 0. The van der Waals surface area contributed by atoms with Crippen molar-refractivity contribution < 1.29 is 0 Å². The van der Waals surface area contributed by atoms with Gasteiger partial charge in [0, 0.05) is 0 Å². The van der Waals surface area contributed by atoms with Crippen molar-refractivity contribution >= 4 is 6.75 Å². The third-order valence-electron chi connectivity index (χ3n) is 3.54. The van der Waals surface area contributed by atoms with E-state index in [2.05, 4.69) is 37.5 Å². The van der Waals surface area contributed by atoms with Crippen molar-refractivity contribution in [2.24, 2.45) is 4.88 Å². The van der Waals surface area contributed by atoms with Crippen LogP contribution in [0.15, 0.2) is 4.88 Å². The van der Waals surface area contributed by atoms with Gasteiger partial charge >= 0.3 is 74.4 Å². The molecule has 72 valence electrons. The van der Waals surface area contributed by atoms with Gasteiger partial charge in [-0.2, -0.15) is 0 Å². The first kappa shape index (κ1) is 11.7. The molecule has 0 aromatic carbocycles. The molecule has 0 amide bonds. The number of nitrogens with zero attached hydrogens (tertiary/aromatic N) is 3. The van der Waals surface area contributed by atoms with E-state index in [1.165, 1.54) is 0 Å². The van der Waals surface area contributed by atoms with Crippen LogP contribution in [0.25, 0.3) is 10.4 Å². The van der Waals surface area contributed by atoms with Gasteiger partial charge in [-0.1, -0.05) is 0 Å². The Morgan fingerprint density at radius 1 is 1.00 bits per heavy atom. The van der Waals surface area contributed by atoms with Gasteiger partial charge < -0.3 is 0 Å². The predicted octanol–water partition coefficient (Wildman–Crippen LogP) is 3.84. The Bertz CT molecular complexity index is 169. The van der Waals surface area contributed by atoms with E-state index in [-0.39, 0.29) is 0 Å². The normalized spacial score (nSPS) is 14.5. The Kier molecular flexibility index (Phi) is 4.02. The fourth-order valence-electron chi connectivity index (χ4n) is 1.71. The van der Waals surface area contributed by atoms with Gasteiger partial charge in [0.25, 0.3) is 0 Å². The summed E-state index contributed by atoms with van der Waals surface area (Å²) in [6.07, 6.45) is 4.22. The summed E-state index contributed by atoms with van der Waals surface area (Å²) in [6, 6.07) is 0. The molecule has 3 nitrogen and oxygen atoms in total. The zero-order valence-electron chi connectivity index (χ0n) is 8.62. The van der Waals surface area contributed by atoms with Crippen molar-refractivity contribution in [1.82, 2.24) is 0 Å². The SMILES string of the molecule is CCP(CC)(CC)(CC)N=[N+]=[N-]. The summed E-state index contributed by atoms with van der Waals surface area (Å²) in [5, 5.41) is 0.